The predicted octanol–water partition coefficient (Wildman–Crippen LogP) is 41.4. The quantitative estimate of drug-likeness (QED) is 0.0998. The zero-order valence-corrected chi connectivity index (χ0v) is 80.3. The zero-order valence-electron chi connectivity index (χ0n) is 80.3. The highest BCUT2D eigenvalue weighted by Crippen LogP contribution is 2.53. The van der Waals surface area contributed by atoms with Crippen LogP contribution in [0.3, 0.4) is 0 Å². The number of rotatable bonds is 9. The maximum Gasteiger partial charge on any atom is -0.00199 e. The monoisotopic (exact) mass is 1850 g/mol. The van der Waals surface area contributed by atoms with E-state index >= 15 is 0 Å². The maximum absolute atomic E-state index is 2.42. The minimum absolute atomic E-state index is 1.24. The fraction of sp³-hybridized carbons (Fsp3) is 0. The van der Waals surface area contributed by atoms with Gasteiger partial charge in [0, 0.05) is 0 Å². The summed E-state index contributed by atoms with van der Waals surface area (Å²) in [6, 6.07) is 208. The predicted molar refractivity (Wildman–Crippen MR) is 632 cm³/mol. The first-order chi connectivity index (χ1) is 72.5. The van der Waals surface area contributed by atoms with E-state index in [1.165, 1.54) is 283 Å². The van der Waals surface area contributed by atoms with Crippen LogP contribution >= 0.6 is 0 Å². The second kappa shape index (κ2) is 36.9. The first kappa shape index (κ1) is 86.1. The third kappa shape index (κ3) is 14.9. The van der Waals surface area contributed by atoms with Gasteiger partial charge in [0.05, 0.1) is 0 Å². The van der Waals surface area contributed by atoms with Crippen LogP contribution in [-0.4, -0.2) is 0 Å². The molecule has 0 heterocycles. The molecule has 146 heavy (non-hydrogen) atoms. The fourth-order valence-electron chi connectivity index (χ4n) is 24.0. The molecule has 0 aliphatic rings. The van der Waals surface area contributed by atoms with Crippen molar-refractivity contribution >= 4 is 183 Å². The average Bonchev–Trinajstić information content (AvgIpc) is 0.723. The minimum atomic E-state index is 1.24. The highest BCUT2D eigenvalue weighted by molar-refractivity contribution is 6.32. The van der Waals surface area contributed by atoms with Crippen molar-refractivity contribution in [3.05, 3.63) is 570 Å². The zero-order chi connectivity index (χ0) is 96.5. The molecule has 0 amide bonds. The summed E-state index contributed by atoms with van der Waals surface area (Å²) in [5.41, 5.74) is 23.1. The molecule has 30 aromatic rings. The molecular weight excluding hydrogens is 1750 g/mol. The van der Waals surface area contributed by atoms with Gasteiger partial charge >= 0.3 is 0 Å². The third-order valence-electron chi connectivity index (χ3n) is 30.3. The molecule has 678 valence electrons. The van der Waals surface area contributed by atoms with Gasteiger partial charge in [0.2, 0.25) is 0 Å². The number of hydrogen-bond donors (Lipinski definition) is 0. The van der Waals surface area contributed by atoms with Gasteiger partial charge in [-0.05, 0) is 308 Å². The Kier molecular flexibility index (Phi) is 21.8. The number of hydrogen-bond acceptors (Lipinski definition) is 0. The molecule has 0 spiro atoms. The molecule has 0 N–H and O–H groups in total. The van der Waals surface area contributed by atoms with E-state index in [0.29, 0.717) is 0 Å². The molecule has 0 bridgehead atoms. The second-order valence-corrected chi connectivity index (χ2v) is 38.4. The van der Waals surface area contributed by atoms with E-state index in [2.05, 4.69) is 570 Å². The van der Waals surface area contributed by atoms with Crippen LogP contribution < -0.4 is 0 Å². The number of benzene rings is 30. The van der Waals surface area contributed by atoms with E-state index in [0.717, 1.165) is 0 Å². The molecule has 0 saturated heterocycles. The normalized spacial score (nSPS) is 11.6. The van der Waals surface area contributed by atoms with Crippen LogP contribution in [0.5, 0.6) is 0 Å². The minimum Gasteiger partial charge on any atom is -0.0622 e. The molecule has 30 aromatic carbocycles. The first-order valence-electron chi connectivity index (χ1n) is 50.7. The summed E-state index contributed by atoms with van der Waals surface area (Å²) in [7, 11) is 0. The lowest BCUT2D eigenvalue weighted by Crippen LogP contribution is -1.92. The standard InChI is InChI=1S/2C38H24.C36H24.C34H22/c1-2-11-25(12-3-1)37-32-15-6-8-17-34(32)38(35-18-9-7-16-33(35)37)31-20-10-19-29-30(31)22-21-28-23-26-13-4-5-14-27(26)24-36(28)29;1-2-13-26(14-3-1)36-31-18-8-10-20-33(31)38(34-21-11-9-19-32(34)36)35-24-27-23-22-25-12-4-5-15-28(25)37(27)30-17-7-6-16-29(30)35;1-2-12-27(13-3-1)35-31-16-6-8-18-33(31)36(34-19-9-7-17-32(34)35)28-23-21-26(22-24-28)30-20-10-14-25-11-4-5-15-29(25)30;1-2-12-23(13-3-1)33-28-18-8-10-20-30(28)34(31-21-11-9-19-29(31)33)32-22-24-14-4-5-15-25(24)26-16-6-7-17-27(26)32/h2*1-24H;1-24H;1-22H. The van der Waals surface area contributed by atoms with Crippen LogP contribution in [0.15, 0.2) is 570 Å². The lowest BCUT2D eigenvalue weighted by atomic mass is 9.83. The van der Waals surface area contributed by atoms with Gasteiger partial charge in [-0.2, -0.15) is 0 Å². The third-order valence-corrected chi connectivity index (χ3v) is 30.3. The molecule has 0 unspecified atom stereocenters. The van der Waals surface area contributed by atoms with Gasteiger partial charge in [0.1, 0.15) is 0 Å². The van der Waals surface area contributed by atoms with Crippen molar-refractivity contribution in [1.82, 2.24) is 0 Å². The largest absolute Gasteiger partial charge is 0.0622 e. The Bertz CT molecular complexity index is 10200. The molecule has 0 aliphatic carbocycles. The number of fused-ring (bicyclic) bond motifs is 21. The van der Waals surface area contributed by atoms with E-state index in [-0.39, 0.29) is 0 Å². The van der Waals surface area contributed by atoms with E-state index in [9.17, 15) is 0 Å². The summed E-state index contributed by atoms with van der Waals surface area (Å²) in [6.07, 6.45) is 0. The van der Waals surface area contributed by atoms with Gasteiger partial charge in [-0.15, -0.1) is 0 Å². The van der Waals surface area contributed by atoms with Gasteiger partial charge in [0.15, 0.2) is 0 Å². The van der Waals surface area contributed by atoms with E-state index in [4.69, 9.17) is 0 Å². The van der Waals surface area contributed by atoms with Crippen molar-refractivity contribution in [3.8, 4) is 100 Å². The summed E-state index contributed by atoms with van der Waals surface area (Å²) in [5.74, 6) is 0. The van der Waals surface area contributed by atoms with Gasteiger partial charge in [-0.25, -0.2) is 0 Å². The SMILES string of the molecule is c1ccc(-c2c3ccccc3c(-c3cc4ccc5ccccc5c4c4ccccc34)c3ccccc23)cc1.c1ccc(-c2c3ccccc3c(-c3cc4ccccc4c4ccccc34)c3ccccc23)cc1.c1ccc(-c2c3ccccc3c(-c3ccc(-c4cccc5ccccc45)cc3)c3ccccc23)cc1.c1ccc(-c2c3ccccc3c(-c3cccc4c3ccc3cc5ccccc5cc34)c3ccccc23)cc1. The molecule has 0 atom stereocenters. The Balaban J connectivity index is 0.0000000966. The topological polar surface area (TPSA) is 0 Å². The second-order valence-electron chi connectivity index (χ2n) is 38.4. The lowest BCUT2D eigenvalue weighted by molar-refractivity contribution is 1.63. The van der Waals surface area contributed by atoms with Crippen molar-refractivity contribution < 1.29 is 0 Å². The van der Waals surface area contributed by atoms with E-state index < -0.39 is 0 Å². The van der Waals surface area contributed by atoms with Crippen molar-refractivity contribution in [2.24, 2.45) is 0 Å². The Morgan fingerprint density at radius 2 is 0.301 bits per heavy atom. The molecule has 30 rings (SSSR count). The molecule has 0 fully saturated rings. The molecule has 0 aliphatic heterocycles. The molecular formula is C146H94. The molecule has 0 heteroatoms. The van der Waals surface area contributed by atoms with Crippen LogP contribution in [0.2, 0.25) is 0 Å². The fourth-order valence-corrected chi connectivity index (χ4v) is 24.0. The van der Waals surface area contributed by atoms with Crippen LogP contribution in [0.4, 0.5) is 0 Å². The van der Waals surface area contributed by atoms with E-state index in [1.54, 1.807) is 0 Å². The van der Waals surface area contributed by atoms with Crippen molar-refractivity contribution in [3.63, 3.8) is 0 Å². The average molecular weight is 1850 g/mol. The van der Waals surface area contributed by atoms with Crippen molar-refractivity contribution in [1.29, 1.82) is 0 Å². The lowest BCUT2D eigenvalue weighted by Gasteiger charge is -2.20. The smallest absolute Gasteiger partial charge is 0.00199 e. The Hall–Kier alpha value is -19.0. The van der Waals surface area contributed by atoms with Crippen molar-refractivity contribution in [2.45, 2.75) is 0 Å². The van der Waals surface area contributed by atoms with Gasteiger partial charge in [0.25, 0.3) is 0 Å². The summed E-state index contributed by atoms with van der Waals surface area (Å²) in [4.78, 5) is 0. The summed E-state index contributed by atoms with van der Waals surface area (Å²) in [5, 5.41) is 43.9. The Morgan fingerprint density at radius 1 is 0.0753 bits per heavy atom. The highest BCUT2D eigenvalue weighted by atomic mass is 14.3. The van der Waals surface area contributed by atoms with Crippen LogP contribution in [0.1, 0.15) is 0 Å². The molecule has 0 radical (unpaired) electrons. The highest BCUT2D eigenvalue weighted by Gasteiger charge is 2.26. The summed E-state index contributed by atoms with van der Waals surface area (Å²) >= 11 is 0. The molecule has 0 nitrogen and oxygen atoms in total. The Labute approximate surface area is 847 Å². The summed E-state index contributed by atoms with van der Waals surface area (Å²) in [6.45, 7) is 0. The maximum atomic E-state index is 2.42. The Morgan fingerprint density at radius 3 is 0.712 bits per heavy atom. The summed E-state index contributed by atoms with van der Waals surface area (Å²) < 4.78 is 0. The first-order valence-corrected chi connectivity index (χ1v) is 50.7. The van der Waals surface area contributed by atoms with E-state index in [1.807, 2.05) is 0 Å². The van der Waals surface area contributed by atoms with Crippen LogP contribution in [0.25, 0.3) is 283 Å². The van der Waals surface area contributed by atoms with Crippen molar-refractivity contribution in [2.75, 3.05) is 0 Å². The van der Waals surface area contributed by atoms with Gasteiger partial charge in [-0.1, -0.05) is 546 Å². The molecule has 0 saturated carbocycles. The van der Waals surface area contributed by atoms with Crippen LogP contribution in [0, 0.1) is 0 Å². The molecule has 0 aromatic heterocycles. The van der Waals surface area contributed by atoms with Gasteiger partial charge in [-0.3, -0.25) is 0 Å². The van der Waals surface area contributed by atoms with Crippen LogP contribution in [-0.2, 0) is 0 Å². The van der Waals surface area contributed by atoms with Gasteiger partial charge < -0.3 is 0 Å².